The van der Waals surface area contributed by atoms with Gasteiger partial charge < -0.3 is 15.4 Å². The molecule has 1 aliphatic heterocycles. The molecule has 0 saturated heterocycles. The van der Waals surface area contributed by atoms with Gasteiger partial charge in [-0.05, 0) is 18.6 Å². The first-order valence-corrected chi connectivity index (χ1v) is 8.74. The Morgan fingerprint density at radius 2 is 1.75 bits per heavy atom. The summed E-state index contributed by atoms with van der Waals surface area (Å²) < 4.78 is 4.95. The summed E-state index contributed by atoms with van der Waals surface area (Å²) in [5.74, 6) is -1.06. The number of nitrogens with one attached hydrogen (secondary N) is 2. The zero-order valence-electron chi connectivity index (χ0n) is 15.4. The van der Waals surface area contributed by atoms with Crippen LogP contribution in [0.4, 0.5) is 5.69 Å². The van der Waals surface area contributed by atoms with E-state index < -0.39 is 11.9 Å². The first kappa shape index (κ1) is 18.9. The number of para-hydroxylation sites is 1. The largest absolute Gasteiger partial charge is 0.460 e. The van der Waals surface area contributed by atoms with Gasteiger partial charge in [0.15, 0.2) is 0 Å². The van der Waals surface area contributed by atoms with Gasteiger partial charge in [0, 0.05) is 22.4 Å². The fourth-order valence-corrected chi connectivity index (χ4v) is 2.90. The Balaban J connectivity index is 1.85. The molecule has 0 aromatic heterocycles. The van der Waals surface area contributed by atoms with E-state index >= 15 is 0 Å². The molecule has 0 fully saturated rings. The number of esters is 1. The second kappa shape index (κ2) is 8.23. The molecule has 1 amide bonds. The Bertz CT molecular complexity index is 1030. The summed E-state index contributed by atoms with van der Waals surface area (Å²) in [7, 11) is 0. The Kier molecular flexibility index (Phi) is 5.56. The van der Waals surface area contributed by atoms with Crippen LogP contribution in [0, 0.1) is 11.3 Å². The molecule has 1 heterocycles. The van der Waals surface area contributed by atoms with Crippen molar-refractivity contribution in [2.24, 2.45) is 0 Å². The van der Waals surface area contributed by atoms with E-state index in [1.54, 1.807) is 6.92 Å². The summed E-state index contributed by atoms with van der Waals surface area (Å²) in [6.07, 6.45) is 0. The first-order chi connectivity index (χ1) is 13.5. The zero-order valence-corrected chi connectivity index (χ0v) is 15.4. The van der Waals surface area contributed by atoms with E-state index in [2.05, 4.69) is 17.2 Å². The third-order valence-electron chi connectivity index (χ3n) is 4.23. The van der Waals surface area contributed by atoms with Crippen LogP contribution >= 0.6 is 0 Å². The van der Waals surface area contributed by atoms with Crippen molar-refractivity contribution in [2.45, 2.75) is 6.92 Å². The van der Waals surface area contributed by atoms with Crippen LogP contribution in [0.1, 0.15) is 12.5 Å². The standard InChI is InChI=1S/C22H19N3O3/c1-14(2)22(27)28-12-11-24-21(26)18(13-23)20-17-9-4-3-7-15(17)16-8-5-6-10-19(16)25-20/h3-10,25H,1,11-12H2,2H3,(H,24,26). The van der Waals surface area contributed by atoms with Gasteiger partial charge in [-0.2, -0.15) is 5.26 Å². The fraction of sp³-hybridized carbons (Fsp3) is 0.136. The zero-order chi connectivity index (χ0) is 20.1. The van der Waals surface area contributed by atoms with Crippen LogP contribution in [0.15, 0.2) is 66.3 Å². The van der Waals surface area contributed by atoms with Gasteiger partial charge in [-0.25, -0.2) is 4.79 Å². The molecule has 0 aliphatic carbocycles. The number of rotatable bonds is 5. The van der Waals surface area contributed by atoms with Crippen LogP contribution in [-0.4, -0.2) is 25.0 Å². The van der Waals surface area contributed by atoms with E-state index in [0.29, 0.717) is 5.70 Å². The predicted molar refractivity (Wildman–Crippen MR) is 107 cm³/mol. The first-order valence-electron chi connectivity index (χ1n) is 8.74. The number of anilines is 1. The summed E-state index contributed by atoms with van der Waals surface area (Å²) in [5.41, 5.74) is 4.26. The van der Waals surface area contributed by atoms with Gasteiger partial charge in [0.1, 0.15) is 18.2 Å². The number of amides is 1. The molecule has 0 saturated carbocycles. The molecule has 2 N–H and O–H groups in total. The SMILES string of the molecule is C=C(C)C(=O)OCCNC(=O)C(C#N)=C1Nc2ccccc2-c2ccccc21. The number of nitrogens with zero attached hydrogens (tertiary/aromatic N) is 1. The summed E-state index contributed by atoms with van der Waals surface area (Å²) >= 11 is 0. The molecular weight excluding hydrogens is 354 g/mol. The summed E-state index contributed by atoms with van der Waals surface area (Å²) in [4.78, 5) is 24.0. The van der Waals surface area contributed by atoms with E-state index in [-0.39, 0.29) is 24.3 Å². The molecule has 1 aliphatic rings. The second-order valence-electron chi connectivity index (χ2n) is 6.25. The van der Waals surface area contributed by atoms with Crippen molar-refractivity contribution in [2.75, 3.05) is 18.5 Å². The van der Waals surface area contributed by atoms with Gasteiger partial charge in [0.05, 0.1) is 12.2 Å². The lowest BCUT2D eigenvalue weighted by molar-refractivity contribution is -0.139. The minimum absolute atomic E-state index is 0.00166. The van der Waals surface area contributed by atoms with Gasteiger partial charge in [-0.1, -0.05) is 49.0 Å². The van der Waals surface area contributed by atoms with Crippen molar-refractivity contribution < 1.29 is 14.3 Å². The van der Waals surface area contributed by atoms with Crippen LogP contribution in [0.5, 0.6) is 0 Å². The number of fused-ring (bicyclic) bond motifs is 3. The molecular formula is C22H19N3O3. The van der Waals surface area contributed by atoms with Crippen molar-refractivity contribution in [1.82, 2.24) is 5.32 Å². The predicted octanol–water partition coefficient (Wildman–Crippen LogP) is 3.25. The highest BCUT2D eigenvalue weighted by molar-refractivity contribution is 6.10. The monoisotopic (exact) mass is 373 g/mol. The molecule has 6 nitrogen and oxygen atoms in total. The van der Waals surface area contributed by atoms with Crippen molar-refractivity contribution in [1.29, 1.82) is 5.26 Å². The van der Waals surface area contributed by atoms with Gasteiger partial charge >= 0.3 is 5.97 Å². The number of hydrogen-bond acceptors (Lipinski definition) is 5. The van der Waals surface area contributed by atoms with Crippen LogP contribution in [0.25, 0.3) is 16.8 Å². The van der Waals surface area contributed by atoms with E-state index in [1.165, 1.54) is 0 Å². The Morgan fingerprint density at radius 1 is 1.11 bits per heavy atom. The maximum absolute atomic E-state index is 12.6. The molecule has 0 bridgehead atoms. The number of benzene rings is 2. The second-order valence-corrected chi connectivity index (χ2v) is 6.25. The molecule has 2 aromatic carbocycles. The van der Waals surface area contributed by atoms with Gasteiger partial charge in [-0.3, -0.25) is 4.79 Å². The maximum atomic E-state index is 12.6. The molecule has 6 heteroatoms. The van der Waals surface area contributed by atoms with Crippen molar-refractivity contribution >= 4 is 23.3 Å². The Labute approximate surface area is 163 Å². The third kappa shape index (κ3) is 3.79. The molecule has 0 spiro atoms. The molecule has 28 heavy (non-hydrogen) atoms. The number of nitriles is 1. The summed E-state index contributed by atoms with van der Waals surface area (Å²) in [5, 5.41) is 15.5. The van der Waals surface area contributed by atoms with Crippen LogP contribution in [-0.2, 0) is 14.3 Å². The highest BCUT2D eigenvalue weighted by Crippen LogP contribution is 2.40. The molecule has 0 unspecified atom stereocenters. The van der Waals surface area contributed by atoms with E-state index in [4.69, 9.17) is 4.74 Å². The van der Waals surface area contributed by atoms with Gasteiger partial charge in [0.25, 0.3) is 5.91 Å². The minimum atomic E-state index is -0.537. The van der Waals surface area contributed by atoms with Gasteiger partial charge in [0.2, 0.25) is 0 Å². The summed E-state index contributed by atoms with van der Waals surface area (Å²) in [6.45, 7) is 5.13. The fourth-order valence-electron chi connectivity index (χ4n) is 2.90. The van der Waals surface area contributed by atoms with Crippen LogP contribution in [0.3, 0.4) is 0 Å². The lowest BCUT2D eigenvalue weighted by Gasteiger charge is -2.24. The highest BCUT2D eigenvalue weighted by Gasteiger charge is 2.24. The Morgan fingerprint density at radius 3 is 2.43 bits per heavy atom. The number of hydrogen-bond donors (Lipinski definition) is 2. The molecule has 0 atom stereocenters. The van der Waals surface area contributed by atoms with Crippen LogP contribution < -0.4 is 10.6 Å². The average Bonchev–Trinajstić information content (AvgIpc) is 2.71. The van der Waals surface area contributed by atoms with Crippen molar-refractivity contribution in [3.05, 3.63) is 71.8 Å². The van der Waals surface area contributed by atoms with Crippen LogP contribution in [0.2, 0.25) is 0 Å². The van der Waals surface area contributed by atoms with Crippen molar-refractivity contribution in [3.8, 4) is 17.2 Å². The van der Waals surface area contributed by atoms with Gasteiger partial charge in [-0.15, -0.1) is 0 Å². The summed E-state index contributed by atoms with van der Waals surface area (Å²) in [6, 6.07) is 17.3. The highest BCUT2D eigenvalue weighted by atomic mass is 16.5. The Hall–Kier alpha value is -3.85. The lowest BCUT2D eigenvalue weighted by Crippen LogP contribution is -2.30. The minimum Gasteiger partial charge on any atom is -0.460 e. The van der Waals surface area contributed by atoms with E-state index in [0.717, 1.165) is 22.4 Å². The quantitative estimate of drug-likeness (QED) is 0.363. The third-order valence-corrected chi connectivity index (χ3v) is 4.23. The number of carbonyl (C=O) groups is 2. The normalized spacial score (nSPS) is 13.1. The molecule has 2 aromatic rings. The van der Waals surface area contributed by atoms with E-state index in [9.17, 15) is 14.9 Å². The topological polar surface area (TPSA) is 91.2 Å². The van der Waals surface area contributed by atoms with E-state index in [1.807, 2.05) is 54.6 Å². The smallest absolute Gasteiger partial charge is 0.333 e. The molecule has 0 radical (unpaired) electrons. The maximum Gasteiger partial charge on any atom is 0.333 e. The lowest BCUT2D eigenvalue weighted by atomic mass is 9.90. The number of ether oxygens (including phenoxy) is 1. The average molecular weight is 373 g/mol. The number of carbonyl (C=O) groups excluding carboxylic acids is 2. The molecule has 3 rings (SSSR count). The molecule has 140 valence electrons. The van der Waals surface area contributed by atoms with Crippen molar-refractivity contribution in [3.63, 3.8) is 0 Å².